The standard InChI is InChI=1S/C15H13N3O3/c1-18-11(16)7-10(17-18)12-8-3-5-21-15(8)14(19-2)9-4-6-20-13(9)12/h3-7H,16H2,1-2H3. The van der Waals surface area contributed by atoms with E-state index in [-0.39, 0.29) is 0 Å². The van der Waals surface area contributed by atoms with Gasteiger partial charge in [-0.1, -0.05) is 0 Å². The molecule has 0 fully saturated rings. The molecule has 0 bridgehead atoms. The Morgan fingerprint density at radius 1 is 1.14 bits per heavy atom. The summed E-state index contributed by atoms with van der Waals surface area (Å²) in [6, 6.07) is 5.54. The molecular weight excluding hydrogens is 270 g/mol. The van der Waals surface area contributed by atoms with E-state index in [4.69, 9.17) is 19.3 Å². The van der Waals surface area contributed by atoms with Crippen molar-refractivity contribution in [2.45, 2.75) is 0 Å². The number of rotatable bonds is 2. The Morgan fingerprint density at radius 2 is 1.86 bits per heavy atom. The molecule has 4 aromatic rings. The number of hydrogen-bond acceptors (Lipinski definition) is 5. The van der Waals surface area contributed by atoms with E-state index in [2.05, 4.69) is 5.10 Å². The first-order chi connectivity index (χ1) is 10.2. The van der Waals surface area contributed by atoms with Crippen molar-refractivity contribution in [3.05, 3.63) is 30.7 Å². The number of fused-ring (bicyclic) bond motifs is 2. The van der Waals surface area contributed by atoms with E-state index in [0.29, 0.717) is 22.7 Å². The lowest BCUT2D eigenvalue weighted by atomic mass is 10.0. The Balaban J connectivity index is 2.20. The van der Waals surface area contributed by atoms with Crippen molar-refractivity contribution in [1.29, 1.82) is 0 Å². The molecule has 3 heterocycles. The number of hydrogen-bond donors (Lipinski definition) is 1. The fourth-order valence-corrected chi connectivity index (χ4v) is 2.67. The van der Waals surface area contributed by atoms with Gasteiger partial charge in [0.2, 0.25) is 0 Å². The Labute approximate surface area is 119 Å². The van der Waals surface area contributed by atoms with E-state index in [9.17, 15) is 0 Å². The van der Waals surface area contributed by atoms with Gasteiger partial charge in [-0.2, -0.15) is 5.10 Å². The van der Waals surface area contributed by atoms with E-state index >= 15 is 0 Å². The molecule has 0 radical (unpaired) electrons. The SMILES string of the molecule is COc1c2ccoc2c(-c2cc(N)n(C)n2)c2ccoc12. The normalized spacial score (nSPS) is 11.5. The highest BCUT2D eigenvalue weighted by molar-refractivity contribution is 6.12. The molecule has 0 aliphatic heterocycles. The van der Waals surface area contributed by atoms with Crippen molar-refractivity contribution in [2.75, 3.05) is 12.8 Å². The number of furan rings is 2. The van der Waals surface area contributed by atoms with Gasteiger partial charge in [0.15, 0.2) is 11.3 Å². The molecule has 3 aromatic heterocycles. The molecule has 21 heavy (non-hydrogen) atoms. The summed E-state index contributed by atoms with van der Waals surface area (Å²) in [4.78, 5) is 0. The van der Waals surface area contributed by atoms with E-state index in [1.165, 1.54) is 0 Å². The van der Waals surface area contributed by atoms with Crippen LogP contribution in [-0.4, -0.2) is 16.9 Å². The summed E-state index contributed by atoms with van der Waals surface area (Å²) in [5.74, 6) is 1.24. The molecule has 0 atom stereocenters. The second kappa shape index (κ2) is 4.05. The van der Waals surface area contributed by atoms with Crippen LogP contribution in [0.5, 0.6) is 5.75 Å². The van der Waals surface area contributed by atoms with E-state index < -0.39 is 0 Å². The van der Waals surface area contributed by atoms with Crippen molar-refractivity contribution in [1.82, 2.24) is 9.78 Å². The third-order valence-electron chi connectivity index (χ3n) is 3.65. The zero-order valence-electron chi connectivity index (χ0n) is 11.6. The number of aromatic nitrogens is 2. The van der Waals surface area contributed by atoms with E-state index in [0.717, 1.165) is 22.0 Å². The van der Waals surface area contributed by atoms with Gasteiger partial charge >= 0.3 is 0 Å². The van der Waals surface area contributed by atoms with Crippen molar-refractivity contribution < 1.29 is 13.6 Å². The number of methoxy groups -OCH3 is 1. The Kier molecular flexibility index (Phi) is 2.29. The van der Waals surface area contributed by atoms with Crippen LogP contribution in [0, 0.1) is 0 Å². The largest absolute Gasteiger partial charge is 0.492 e. The van der Waals surface area contributed by atoms with Gasteiger partial charge in [-0.3, -0.25) is 4.68 Å². The maximum Gasteiger partial charge on any atom is 0.177 e. The van der Waals surface area contributed by atoms with Gasteiger partial charge in [0, 0.05) is 18.5 Å². The molecule has 0 aliphatic rings. The molecule has 0 saturated heterocycles. The third-order valence-corrected chi connectivity index (χ3v) is 3.65. The summed E-state index contributed by atoms with van der Waals surface area (Å²) in [6.07, 6.45) is 3.25. The van der Waals surface area contributed by atoms with Crippen molar-refractivity contribution in [2.24, 2.45) is 7.05 Å². The van der Waals surface area contributed by atoms with Crippen LogP contribution in [0.1, 0.15) is 0 Å². The minimum absolute atomic E-state index is 0.581. The van der Waals surface area contributed by atoms with Crippen LogP contribution in [0.2, 0.25) is 0 Å². The number of benzene rings is 1. The first-order valence-corrected chi connectivity index (χ1v) is 6.45. The van der Waals surface area contributed by atoms with Crippen molar-refractivity contribution >= 4 is 27.8 Å². The highest BCUT2D eigenvalue weighted by Gasteiger charge is 2.22. The number of nitrogens with zero attached hydrogens (tertiary/aromatic N) is 2. The van der Waals surface area contributed by atoms with E-state index in [1.807, 2.05) is 18.2 Å². The average Bonchev–Trinajstić information content (AvgIpc) is 3.17. The highest BCUT2D eigenvalue weighted by atomic mass is 16.5. The smallest absolute Gasteiger partial charge is 0.177 e. The molecule has 1 aromatic carbocycles. The van der Waals surface area contributed by atoms with Crippen LogP contribution in [0.15, 0.2) is 39.6 Å². The van der Waals surface area contributed by atoms with Crippen LogP contribution >= 0.6 is 0 Å². The molecule has 0 spiro atoms. The first-order valence-electron chi connectivity index (χ1n) is 6.45. The average molecular weight is 283 g/mol. The Morgan fingerprint density at radius 3 is 2.52 bits per heavy atom. The van der Waals surface area contributed by atoms with Crippen LogP contribution in [-0.2, 0) is 7.05 Å². The van der Waals surface area contributed by atoms with Crippen LogP contribution in [0.25, 0.3) is 33.2 Å². The molecule has 0 aliphatic carbocycles. The summed E-state index contributed by atoms with van der Waals surface area (Å²) >= 11 is 0. The summed E-state index contributed by atoms with van der Waals surface area (Å²) in [7, 11) is 3.41. The van der Waals surface area contributed by atoms with Gasteiger partial charge < -0.3 is 19.3 Å². The fourth-order valence-electron chi connectivity index (χ4n) is 2.67. The Bertz CT molecular complexity index is 890. The topological polar surface area (TPSA) is 79.4 Å². The predicted molar refractivity (Wildman–Crippen MR) is 79.2 cm³/mol. The van der Waals surface area contributed by atoms with Gasteiger partial charge in [-0.15, -0.1) is 0 Å². The second-order valence-corrected chi connectivity index (χ2v) is 4.81. The van der Waals surface area contributed by atoms with Gasteiger partial charge in [0.1, 0.15) is 11.4 Å². The number of nitrogen functional groups attached to an aromatic ring is 1. The maximum absolute atomic E-state index is 5.89. The predicted octanol–water partition coefficient (Wildman–Crippen LogP) is 3.17. The molecule has 4 rings (SSSR count). The number of aryl methyl sites for hydroxylation is 1. The quantitative estimate of drug-likeness (QED) is 0.611. The minimum Gasteiger partial charge on any atom is -0.492 e. The summed E-state index contributed by atoms with van der Waals surface area (Å²) in [5.41, 5.74) is 8.87. The number of nitrogens with two attached hydrogens (primary N) is 1. The molecule has 0 unspecified atom stereocenters. The zero-order valence-corrected chi connectivity index (χ0v) is 11.6. The summed E-state index contributed by atoms with van der Waals surface area (Å²) in [5, 5.41) is 6.17. The lowest BCUT2D eigenvalue weighted by molar-refractivity contribution is 0.415. The minimum atomic E-state index is 0.581. The molecule has 6 nitrogen and oxygen atoms in total. The van der Waals surface area contributed by atoms with Gasteiger partial charge in [0.05, 0.1) is 36.3 Å². The number of ether oxygens (including phenoxy) is 1. The lowest BCUT2D eigenvalue weighted by Crippen LogP contribution is -1.96. The molecule has 106 valence electrons. The van der Waals surface area contributed by atoms with Crippen molar-refractivity contribution in [3.63, 3.8) is 0 Å². The third kappa shape index (κ3) is 1.50. The fraction of sp³-hybridized carbons (Fsp3) is 0.133. The molecule has 2 N–H and O–H groups in total. The van der Waals surface area contributed by atoms with E-state index in [1.54, 1.807) is 31.4 Å². The lowest BCUT2D eigenvalue weighted by Gasteiger charge is -2.06. The van der Waals surface area contributed by atoms with Crippen molar-refractivity contribution in [3.8, 4) is 17.0 Å². The molecule has 0 saturated carbocycles. The van der Waals surface area contributed by atoms with Gasteiger partial charge in [-0.05, 0) is 12.1 Å². The van der Waals surface area contributed by atoms with Crippen LogP contribution in [0.3, 0.4) is 0 Å². The zero-order chi connectivity index (χ0) is 14.6. The van der Waals surface area contributed by atoms with Gasteiger partial charge in [0.25, 0.3) is 0 Å². The number of anilines is 1. The Hall–Kier alpha value is -2.89. The maximum atomic E-state index is 5.89. The highest BCUT2D eigenvalue weighted by Crippen LogP contribution is 2.43. The summed E-state index contributed by atoms with van der Waals surface area (Å²) < 4.78 is 18.3. The molecular formula is C15H13N3O3. The van der Waals surface area contributed by atoms with Gasteiger partial charge in [-0.25, -0.2) is 0 Å². The monoisotopic (exact) mass is 283 g/mol. The van der Waals surface area contributed by atoms with Crippen LogP contribution < -0.4 is 10.5 Å². The summed E-state index contributed by atoms with van der Waals surface area (Å²) in [6.45, 7) is 0. The second-order valence-electron chi connectivity index (χ2n) is 4.81. The molecule has 0 amide bonds. The molecule has 6 heteroatoms. The first kappa shape index (κ1) is 11.9. The van der Waals surface area contributed by atoms with Crippen LogP contribution in [0.4, 0.5) is 5.82 Å².